The molecule has 0 aliphatic carbocycles. The van der Waals surface area contributed by atoms with Crippen LogP contribution in [0.5, 0.6) is 0 Å². The number of nitrogens with zero attached hydrogens (tertiary/aromatic N) is 2. The van der Waals surface area contributed by atoms with Crippen LogP contribution in [0.1, 0.15) is 36.0 Å². The van der Waals surface area contributed by atoms with Gasteiger partial charge in [-0.25, -0.2) is 0 Å². The molecule has 2 heterocycles. The molecule has 4 nitrogen and oxygen atoms in total. The lowest BCUT2D eigenvalue weighted by Crippen LogP contribution is -2.37. The highest BCUT2D eigenvalue weighted by Gasteiger charge is 2.14. The van der Waals surface area contributed by atoms with Gasteiger partial charge in [0.1, 0.15) is 0 Å². The van der Waals surface area contributed by atoms with Gasteiger partial charge >= 0.3 is 0 Å². The molecule has 2 saturated heterocycles. The summed E-state index contributed by atoms with van der Waals surface area (Å²) in [4.78, 5) is 17.0. The van der Waals surface area contributed by atoms with Crippen molar-refractivity contribution in [2.45, 2.75) is 25.7 Å². The zero-order valence-electron chi connectivity index (χ0n) is 13.3. The maximum atomic E-state index is 12.3. The Bertz CT molecular complexity index is 474. The van der Waals surface area contributed by atoms with E-state index in [9.17, 15) is 4.79 Å². The van der Waals surface area contributed by atoms with Gasteiger partial charge in [-0.05, 0) is 43.5 Å². The average Bonchev–Trinajstić information content (AvgIpc) is 2.61. The van der Waals surface area contributed by atoms with E-state index >= 15 is 0 Å². The summed E-state index contributed by atoms with van der Waals surface area (Å²) in [6, 6.07) is 8.19. The summed E-state index contributed by atoms with van der Waals surface area (Å²) in [5, 5.41) is 0. The van der Waals surface area contributed by atoms with E-state index in [2.05, 4.69) is 21.9 Å². The monoisotopic (exact) mass is 302 g/mol. The molecule has 0 bridgehead atoms. The van der Waals surface area contributed by atoms with Gasteiger partial charge in [0.25, 0.3) is 0 Å². The minimum atomic E-state index is 0.247. The fourth-order valence-corrected chi connectivity index (χ4v) is 3.24. The van der Waals surface area contributed by atoms with E-state index in [-0.39, 0.29) is 5.78 Å². The van der Waals surface area contributed by atoms with Crippen LogP contribution in [0, 0.1) is 0 Å². The minimum Gasteiger partial charge on any atom is -0.379 e. The first-order chi connectivity index (χ1) is 10.8. The topological polar surface area (TPSA) is 32.8 Å². The van der Waals surface area contributed by atoms with Crippen molar-refractivity contribution in [3.8, 4) is 0 Å². The second-order valence-electron chi connectivity index (χ2n) is 6.22. The SMILES string of the molecule is O=C(CCN1CCOCC1)c1ccc(N2CCCCC2)cc1. The standard InChI is InChI=1S/C18H26N2O2/c21-18(8-11-19-12-14-22-15-13-19)16-4-6-17(7-5-16)20-9-2-1-3-10-20/h4-7H,1-3,8-15H2. The first-order valence-electron chi connectivity index (χ1n) is 8.51. The van der Waals surface area contributed by atoms with Gasteiger partial charge in [-0.1, -0.05) is 0 Å². The van der Waals surface area contributed by atoms with Crippen LogP contribution in [0.15, 0.2) is 24.3 Å². The molecule has 2 aliphatic heterocycles. The Kier molecular flexibility index (Phi) is 5.46. The number of piperidine rings is 1. The molecular formula is C18H26N2O2. The van der Waals surface area contributed by atoms with Crippen molar-refractivity contribution in [3.63, 3.8) is 0 Å². The molecule has 0 unspecified atom stereocenters. The van der Waals surface area contributed by atoms with Crippen molar-refractivity contribution >= 4 is 11.5 Å². The molecule has 0 saturated carbocycles. The summed E-state index contributed by atoms with van der Waals surface area (Å²) in [6.45, 7) is 6.60. The molecule has 0 spiro atoms. The normalized spacial score (nSPS) is 20.1. The smallest absolute Gasteiger partial charge is 0.164 e. The van der Waals surface area contributed by atoms with Crippen molar-refractivity contribution in [3.05, 3.63) is 29.8 Å². The van der Waals surface area contributed by atoms with Crippen molar-refractivity contribution in [2.24, 2.45) is 0 Å². The molecule has 4 heteroatoms. The number of ether oxygens (including phenoxy) is 1. The molecule has 0 N–H and O–H groups in total. The number of benzene rings is 1. The fourth-order valence-electron chi connectivity index (χ4n) is 3.24. The number of Topliss-reactive ketones (excluding diaryl/α,β-unsaturated/α-hetero) is 1. The van der Waals surface area contributed by atoms with Gasteiger partial charge in [-0.3, -0.25) is 9.69 Å². The minimum absolute atomic E-state index is 0.247. The highest BCUT2D eigenvalue weighted by Crippen LogP contribution is 2.20. The third-order valence-electron chi connectivity index (χ3n) is 4.67. The van der Waals surface area contributed by atoms with Crippen LogP contribution in [0.3, 0.4) is 0 Å². The first kappa shape index (κ1) is 15.5. The number of hydrogen-bond donors (Lipinski definition) is 0. The number of morpholine rings is 1. The van der Waals surface area contributed by atoms with Gasteiger partial charge in [-0.15, -0.1) is 0 Å². The average molecular weight is 302 g/mol. The van der Waals surface area contributed by atoms with E-state index in [1.54, 1.807) is 0 Å². The highest BCUT2D eigenvalue weighted by molar-refractivity contribution is 5.96. The summed E-state index contributed by atoms with van der Waals surface area (Å²) in [5.74, 6) is 0.247. The Hall–Kier alpha value is -1.39. The van der Waals surface area contributed by atoms with E-state index in [1.165, 1.54) is 24.9 Å². The summed E-state index contributed by atoms with van der Waals surface area (Å²) >= 11 is 0. The largest absolute Gasteiger partial charge is 0.379 e. The summed E-state index contributed by atoms with van der Waals surface area (Å²) in [7, 11) is 0. The lowest BCUT2D eigenvalue weighted by Gasteiger charge is -2.29. The van der Waals surface area contributed by atoms with Crippen LogP contribution in [-0.4, -0.2) is 56.6 Å². The van der Waals surface area contributed by atoms with Crippen LogP contribution in [-0.2, 0) is 4.74 Å². The molecule has 120 valence electrons. The molecule has 0 amide bonds. The zero-order chi connectivity index (χ0) is 15.2. The molecular weight excluding hydrogens is 276 g/mol. The zero-order valence-corrected chi connectivity index (χ0v) is 13.3. The van der Waals surface area contributed by atoms with E-state index < -0.39 is 0 Å². The highest BCUT2D eigenvalue weighted by atomic mass is 16.5. The van der Waals surface area contributed by atoms with Crippen LogP contribution >= 0.6 is 0 Å². The number of anilines is 1. The molecule has 2 aliphatic rings. The predicted molar refractivity (Wildman–Crippen MR) is 88.7 cm³/mol. The summed E-state index contributed by atoms with van der Waals surface area (Å²) in [6.07, 6.45) is 4.50. The lowest BCUT2D eigenvalue weighted by molar-refractivity contribution is 0.0370. The van der Waals surface area contributed by atoms with Gasteiger partial charge in [-0.2, -0.15) is 0 Å². The van der Waals surface area contributed by atoms with Crippen LogP contribution in [0.2, 0.25) is 0 Å². The van der Waals surface area contributed by atoms with Gasteiger partial charge in [0.2, 0.25) is 0 Å². The summed E-state index contributed by atoms with van der Waals surface area (Å²) < 4.78 is 5.33. The van der Waals surface area contributed by atoms with Crippen molar-refractivity contribution < 1.29 is 9.53 Å². The van der Waals surface area contributed by atoms with Gasteiger partial charge in [0.05, 0.1) is 13.2 Å². The second-order valence-corrected chi connectivity index (χ2v) is 6.22. The molecule has 1 aromatic rings. The van der Waals surface area contributed by atoms with Crippen LogP contribution in [0.4, 0.5) is 5.69 Å². The Balaban J connectivity index is 1.51. The predicted octanol–water partition coefficient (Wildman–Crippen LogP) is 2.58. The fraction of sp³-hybridized carbons (Fsp3) is 0.611. The molecule has 1 aromatic carbocycles. The molecule has 2 fully saturated rings. The Morgan fingerprint density at radius 1 is 0.955 bits per heavy atom. The van der Waals surface area contributed by atoms with Crippen molar-refractivity contribution in [2.75, 3.05) is 50.8 Å². The molecule has 3 rings (SSSR count). The molecule has 0 atom stereocenters. The number of carbonyl (C=O) groups excluding carboxylic acids is 1. The molecule has 0 aromatic heterocycles. The third kappa shape index (κ3) is 4.08. The van der Waals surface area contributed by atoms with Crippen LogP contribution < -0.4 is 4.90 Å². The number of carbonyl (C=O) groups is 1. The van der Waals surface area contributed by atoms with E-state index in [0.717, 1.165) is 51.5 Å². The Morgan fingerprint density at radius 3 is 2.32 bits per heavy atom. The van der Waals surface area contributed by atoms with E-state index in [0.29, 0.717) is 6.42 Å². The summed E-state index contributed by atoms with van der Waals surface area (Å²) in [5.41, 5.74) is 2.10. The Labute approximate surface area is 133 Å². The first-order valence-corrected chi connectivity index (χ1v) is 8.51. The maximum Gasteiger partial charge on any atom is 0.164 e. The quantitative estimate of drug-likeness (QED) is 0.783. The number of ketones is 1. The maximum absolute atomic E-state index is 12.3. The molecule has 22 heavy (non-hydrogen) atoms. The lowest BCUT2D eigenvalue weighted by atomic mass is 10.1. The Morgan fingerprint density at radius 2 is 1.64 bits per heavy atom. The number of hydrogen-bond acceptors (Lipinski definition) is 4. The van der Waals surface area contributed by atoms with Gasteiger partial charge < -0.3 is 9.64 Å². The third-order valence-corrected chi connectivity index (χ3v) is 4.67. The second kappa shape index (κ2) is 7.75. The molecule has 0 radical (unpaired) electrons. The van der Waals surface area contributed by atoms with E-state index in [1.807, 2.05) is 12.1 Å². The van der Waals surface area contributed by atoms with E-state index in [4.69, 9.17) is 4.74 Å². The van der Waals surface area contributed by atoms with Gasteiger partial charge in [0, 0.05) is 50.4 Å². The van der Waals surface area contributed by atoms with Crippen molar-refractivity contribution in [1.29, 1.82) is 0 Å². The van der Waals surface area contributed by atoms with Gasteiger partial charge in [0.15, 0.2) is 5.78 Å². The van der Waals surface area contributed by atoms with Crippen LogP contribution in [0.25, 0.3) is 0 Å². The van der Waals surface area contributed by atoms with Crippen molar-refractivity contribution in [1.82, 2.24) is 4.90 Å². The number of rotatable bonds is 5.